The maximum absolute atomic E-state index is 13.2. The molecule has 1 saturated carbocycles. The number of imidazole rings is 1. The molecule has 0 radical (unpaired) electrons. The summed E-state index contributed by atoms with van der Waals surface area (Å²) in [6.45, 7) is 1.14. The van der Waals surface area contributed by atoms with Gasteiger partial charge in [-0.1, -0.05) is 24.3 Å². The molecule has 11 nitrogen and oxygen atoms in total. The number of hydrogen-bond acceptors (Lipinski definition) is 8. The lowest BCUT2D eigenvalue weighted by atomic mass is 10.2. The molecule has 2 atom stereocenters. The molecular formula is C28H23N9O2. The zero-order chi connectivity index (χ0) is 26.3. The number of aromatic amines is 1. The lowest BCUT2D eigenvalue weighted by molar-refractivity contribution is 0.0763. The molecule has 2 amide bonds. The standard InChI is InChI=1S/C28H23N9O2/c38-26(21-11-13-30-28(34-21)35-23-10-3-4-12-29-23)36-24-16-14-37(15-17(16)24)27(39)22-9-5-8-20(31-22)25-32-18-6-1-2-7-19(18)33-25/h1-13,16-17,24H,14-15H2,(H,32,33)(H,36,38)(H,29,30,34,35). The number of benzene rings is 1. The molecule has 192 valence electrons. The molecule has 1 aliphatic carbocycles. The Morgan fingerprint density at radius 2 is 1.67 bits per heavy atom. The fraction of sp³-hybridized carbons (Fsp3) is 0.179. The highest BCUT2D eigenvalue weighted by atomic mass is 16.2. The smallest absolute Gasteiger partial charge is 0.272 e. The topological polar surface area (TPSA) is 142 Å². The van der Waals surface area contributed by atoms with Crippen molar-refractivity contribution in [3.8, 4) is 11.5 Å². The summed E-state index contributed by atoms with van der Waals surface area (Å²) in [5.74, 6) is 1.56. The van der Waals surface area contributed by atoms with Crippen molar-refractivity contribution in [3.05, 3.63) is 90.5 Å². The Hall–Kier alpha value is -5.19. The number of piperidine rings is 1. The summed E-state index contributed by atoms with van der Waals surface area (Å²) in [6.07, 6.45) is 3.19. The molecule has 4 aromatic heterocycles. The van der Waals surface area contributed by atoms with Crippen LogP contribution in [0.3, 0.4) is 0 Å². The Kier molecular flexibility index (Phi) is 5.47. The summed E-state index contributed by atoms with van der Waals surface area (Å²) in [6, 6.07) is 20.2. The Balaban J connectivity index is 0.975. The van der Waals surface area contributed by atoms with Crippen LogP contribution in [0.4, 0.5) is 11.8 Å². The van der Waals surface area contributed by atoms with Crippen molar-refractivity contribution in [2.24, 2.45) is 11.8 Å². The van der Waals surface area contributed by atoms with Crippen LogP contribution in [0.5, 0.6) is 0 Å². The van der Waals surface area contributed by atoms with Crippen LogP contribution in [0.2, 0.25) is 0 Å². The number of carbonyl (C=O) groups excluding carboxylic acids is 2. The summed E-state index contributed by atoms with van der Waals surface area (Å²) in [4.78, 5) is 53.0. The van der Waals surface area contributed by atoms with Gasteiger partial charge in [0.1, 0.15) is 22.9 Å². The second-order valence-electron chi connectivity index (χ2n) is 9.65. The number of carbonyl (C=O) groups is 2. The van der Waals surface area contributed by atoms with E-state index >= 15 is 0 Å². The van der Waals surface area contributed by atoms with Gasteiger partial charge in [-0.15, -0.1) is 0 Å². The molecule has 1 aromatic carbocycles. The molecule has 5 aromatic rings. The summed E-state index contributed by atoms with van der Waals surface area (Å²) in [5.41, 5.74) is 3.04. The van der Waals surface area contributed by atoms with Gasteiger partial charge in [0.2, 0.25) is 5.95 Å². The predicted molar refractivity (Wildman–Crippen MR) is 143 cm³/mol. The monoisotopic (exact) mass is 517 g/mol. The maximum atomic E-state index is 13.2. The second-order valence-corrected chi connectivity index (χ2v) is 9.65. The average molecular weight is 518 g/mol. The summed E-state index contributed by atoms with van der Waals surface area (Å²) < 4.78 is 0. The van der Waals surface area contributed by atoms with E-state index in [9.17, 15) is 9.59 Å². The van der Waals surface area contributed by atoms with Crippen LogP contribution in [-0.4, -0.2) is 65.7 Å². The van der Waals surface area contributed by atoms with E-state index in [1.54, 1.807) is 24.4 Å². The normalized spacial score (nSPS) is 19.5. The molecule has 2 fully saturated rings. The number of hydrogen-bond donors (Lipinski definition) is 3. The molecule has 2 unspecified atom stereocenters. The van der Waals surface area contributed by atoms with E-state index in [-0.39, 0.29) is 35.4 Å². The zero-order valence-electron chi connectivity index (χ0n) is 20.7. The highest BCUT2D eigenvalue weighted by Gasteiger charge is 2.57. The van der Waals surface area contributed by atoms with Crippen molar-refractivity contribution in [2.45, 2.75) is 6.04 Å². The van der Waals surface area contributed by atoms with Gasteiger partial charge in [0, 0.05) is 43.4 Å². The first-order valence-electron chi connectivity index (χ1n) is 12.7. The summed E-state index contributed by atoms with van der Waals surface area (Å²) in [7, 11) is 0. The van der Waals surface area contributed by atoms with E-state index in [1.165, 1.54) is 6.20 Å². The van der Waals surface area contributed by atoms with Crippen LogP contribution >= 0.6 is 0 Å². The number of pyridine rings is 2. The number of para-hydroxylation sites is 2. The quantitative estimate of drug-likeness (QED) is 0.312. The molecule has 1 aliphatic heterocycles. The molecule has 11 heteroatoms. The highest BCUT2D eigenvalue weighted by molar-refractivity contribution is 5.94. The number of fused-ring (bicyclic) bond motifs is 2. The molecule has 2 aliphatic rings. The third kappa shape index (κ3) is 4.43. The van der Waals surface area contributed by atoms with Gasteiger partial charge < -0.3 is 20.5 Å². The molecule has 1 saturated heterocycles. The van der Waals surface area contributed by atoms with E-state index < -0.39 is 0 Å². The molecule has 0 bridgehead atoms. The van der Waals surface area contributed by atoms with Gasteiger partial charge in [-0.2, -0.15) is 0 Å². The maximum Gasteiger partial charge on any atom is 0.272 e. The van der Waals surface area contributed by atoms with E-state index in [0.717, 1.165) is 11.0 Å². The van der Waals surface area contributed by atoms with Crippen molar-refractivity contribution in [2.75, 3.05) is 18.4 Å². The Bertz CT molecular complexity index is 1660. The van der Waals surface area contributed by atoms with E-state index in [4.69, 9.17) is 0 Å². The summed E-state index contributed by atoms with van der Waals surface area (Å²) in [5, 5.41) is 6.06. The lowest BCUT2D eigenvalue weighted by Crippen LogP contribution is -2.38. The van der Waals surface area contributed by atoms with Gasteiger partial charge in [0.05, 0.1) is 11.0 Å². The third-order valence-corrected chi connectivity index (χ3v) is 7.17. The number of amides is 2. The fourth-order valence-electron chi connectivity index (χ4n) is 5.15. The lowest BCUT2D eigenvalue weighted by Gasteiger charge is -2.20. The first-order valence-corrected chi connectivity index (χ1v) is 12.7. The second kappa shape index (κ2) is 9.28. The Morgan fingerprint density at radius 1 is 0.821 bits per heavy atom. The van der Waals surface area contributed by atoms with Crippen LogP contribution in [-0.2, 0) is 0 Å². The number of aromatic nitrogens is 6. The number of H-pyrrole nitrogens is 1. The van der Waals surface area contributed by atoms with Crippen molar-refractivity contribution >= 4 is 34.6 Å². The molecule has 39 heavy (non-hydrogen) atoms. The zero-order valence-corrected chi connectivity index (χ0v) is 20.7. The van der Waals surface area contributed by atoms with Gasteiger partial charge in [0.25, 0.3) is 11.8 Å². The van der Waals surface area contributed by atoms with Crippen molar-refractivity contribution in [1.29, 1.82) is 0 Å². The van der Waals surface area contributed by atoms with E-state index in [0.29, 0.717) is 42.1 Å². The van der Waals surface area contributed by atoms with Crippen LogP contribution in [0.15, 0.2) is 79.1 Å². The van der Waals surface area contributed by atoms with Crippen molar-refractivity contribution in [3.63, 3.8) is 0 Å². The van der Waals surface area contributed by atoms with Gasteiger partial charge in [-0.05, 0) is 42.5 Å². The van der Waals surface area contributed by atoms with Gasteiger partial charge in [-0.25, -0.2) is 24.9 Å². The molecule has 3 N–H and O–H groups in total. The minimum absolute atomic E-state index is 0.0126. The first kappa shape index (κ1) is 23.0. The molecular weight excluding hydrogens is 494 g/mol. The first-order chi connectivity index (χ1) is 19.1. The fourth-order valence-corrected chi connectivity index (χ4v) is 5.15. The number of anilines is 2. The van der Waals surface area contributed by atoms with E-state index in [1.807, 2.05) is 53.4 Å². The highest BCUT2D eigenvalue weighted by Crippen LogP contribution is 2.46. The Morgan fingerprint density at radius 3 is 2.49 bits per heavy atom. The minimum atomic E-state index is -0.265. The number of rotatable bonds is 6. The Labute approximate surface area is 222 Å². The third-order valence-electron chi connectivity index (χ3n) is 7.17. The van der Waals surface area contributed by atoms with Crippen LogP contribution < -0.4 is 10.6 Å². The van der Waals surface area contributed by atoms with Gasteiger partial charge in [-0.3, -0.25) is 9.59 Å². The van der Waals surface area contributed by atoms with Gasteiger partial charge in [0.15, 0.2) is 5.82 Å². The largest absolute Gasteiger partial charge is 0.347 e. The van der Waals surface area contributed by atoms with E-state index in [2.05, 4.69) is 40.5 Å². The number of nitrogens with one attached hydrogen (secondary N) is 3. The van der Waals surface area contributed by atoms with Crippen LogP contribution in [0.25, 0.3) is 22.6 Å². The SMILES string of the molecule is O=C(NC1C2CN(C(=O)c3cccc(-c4nc5ccccc5[nH]4)n3)CC21)c1ccnc(Nc2ccccn2)n1. The number of likely N-dealkylation sites (tertiary alicyclic amines) is 1. The average Bonchev–Trinajstić information content (AvgIpc) is 3.31. The molecule has 7 rings (SSSR count). The molecule has 5 heterocycles. The van der Waals surface area contributed by atoms with Gasteiger partial charge >= 0.3 is 0 Å². The summed E-state index contributed by atoms with van der Waals surface area (Å²) >= 11 is 0. The number of nitrogens with zero attached hydrogens (tertiary/aromatic N) is 6. The predicted octanol–water partition coefficient (Wildman–Crippen LogP) is 3.05. The van der Waals surface area contributed by atoms with Crippen LogP contribution in [0.1, 0.15) is 21.0 Å². The van der Waals surface area contributed by atoms with Crippen molar-refractivity contribution in [1.82, 2.24) is 40.1 Å². The molecule has 0 spiro atoms. The van der Waals surface area contributed by atoms with Crippen LogP contribution in [0, 0.1) is 11.8 Å². The van der Waals surface area contributed by atoms with Crippen molar-refractivity contribution < 1.29 is 9.59 Å². The minimum Gasteiger partial charge on any atom is -0.347 e.